The Bertz CT molecular complexity index is 1490. The maximum Gasteiger partial charge on any atom is 0.460 e. The van der Waals surface area contributed by atoms with Gasteiger partial charge < -0.3 is 0 Å². The third-order valence-corrected chi connectivity index (χ3v) is 8.75. The summed E-state index contributed by atoms with van der Waals surface area (Å²) in [5.74, 6) is -56.6. The third kappa shape index (κ3) is 4.46. The SMILES string of the molecule is C[C@]12CCC[C@@]1(CC(F)(F)C(F)(F)C(F)(F)C(F)(F)C(F)(F)C(F)(F)C(F)(F)C(F)(F)F)N=C(c1ccccc1)c1ccccc12. The van der Waals surface area contributed by atoms with Crippen molar-refractivity contribution >= 4 is 5.71 Å². The van der Waals surface area contributed by atoms with Gasteiger partial charge in [-0.25, -0.2) is 0 Å². The van der Waals surface area contributed by atoms with Crippen molar-refractivity contribution in [1.29, 1.82) is 0 Å². The van der Waals surface area contributed by atoms with Crippen LogP contribution >= 0.6 is 0 Å². The quantitative estimate of drug-likeness (QED) is 0.232. The first-order valence-corrected chi connectivity index (χ1v) is 13.1. The fourth-order valence-electron chi connectivity index (χ4n) is 6.07. The molecule has 0 spiro atoms. The zero-order valence-electron chi connectivity index (χ0n) is 22.9. The zero-order valence-corrected chi connectivity index (χ0v) is 22.9. The van der Waals surface area contributed by atoms with E-state index in [0.29, 0.717) is 0 Å². The van der Waals surface area contributed by atoms with Gasteiger partial charge in [0.1, 0.15) is 0 Å². The number of nitrogens with zero attached hydrogens (tertiary/aromatic N) is 1. The minimum absolute atomic E-state index is 0.0958. The lowest BCUT2D eigenvalue weighted by molar-refractivity contribution is -0.462. The van der Waals surface area contributed by atoms with Gasteiger partial charge in [0.2, 0.25) is 0 Å². The second-order valence-electron chi connectivity index (χ2n) is 11.4. The second kappa shape index (κ2) is 10.2. The molecular formula is C28H20F17N. The van der Waals surface area contributed by atoms with Crippen molar-refractivity contribution in [2.75, 3.05) is 0 Å². The minimum Gasteiger partial charge on any atom is -0.276 e. The average Bonchev–Trinajstić information content (AvgIpc) is 3.27. The van der Waals surface area contributed by atoms with Gasteiger partial charge in [0, 0.05) is 23.0 Å². The molecule has 4 rings (SSSR count). The molecule has 0 aromatic heterocycles. The lowest BCUT2D eigenvalue weighted by Gasteiger charge is -2.49. The molecule has 1 heterocycles. The highest BCUT2D eigenvalue weighted by Gasteiger charge is 2.95. The molecule has 18 heteroatoms. The maximum absolute atomic E-state index is 15.4. The van der Waals surface area contributed by atoms with Crippen LogP contribution in [-0.4, -0.2) is 58.9 Å². The number of fused-ring (bicyclic) bond motifs is 3. The Morgan fingerprint density at radius 2 is 1.02 bits per heavy atom. The van der Waals surface area contributed by atoms with Crippen molar-refractivity contribution in [3.8, 4) is 0 Å². The number of benzene rings is 2. The Morgan fingerprint density at radius 3 is 1.54 bits per heavy atom. The van der Waals surface area contributed by atoms with Gasteiger partial charge in [0.05, 0.1) is 11.3 Å². The van der Waals surface area contributed by atoms with E-state index in [0.717, 1.165) is 0 Å². The molecule has 2 aromatic carbocycles. The van der Waals surface area contributed by atoms with E-state index in [1.165, 1.54) is 61.5 Å². The van der Waals surface area contributed by atoms with E-state index in [1.54, 1.807) is 0 Å². The van der Waals surface area contributed by atoms with Gasteiger partial charge in [0.25, 0.3) is 0 Å². The summed E-state index contributed by atoms with van der Waals surface area (Å²) in [4.78, 5) is 4.23. The molecule has 2 atom stereocenters. The molecule has 1 fully saturated rings. The number of hydrogen-bond acceptors (Lipinski definition) is 1. The van der Waals surface area contributed by atoms with Gasteiger partial charge in [-0.15, -0.1) is 0 Å². The molecule has 256 valence electrons. The van der Waals surface area contributed by atoms with Gasteiger partial charge in [-0.2, -0.15) is 74.6 Å². The minimum atomic E-state index is -8.66. The van der Waals surface area contributed by atoms with E-state index in [9.17, 15) is 65.9 Å². The van der Waals surface area contributed by atoms with E-state index in [4.69, 9.17) is 0 Å². The summed E-state index contributed by atoms with van der Waals surface area (Å²) >= 11 is 0. The highest BCUT2D eigenvalue weighted by atomic mass is 19.4. The van der Waals surface area contributed by atoms with Crippen LogP contribution in [0.15, 0.2) is 59.6 Å². The zero-order chi connectivity index (χ0) is 35.2. The molecule has 1 aliphatic carbocycles. The Morgan fingerprint density at radius 1 is 0.565 bits per heavy atom. The Balaban J connectivity index is 1.85. The standard InChI is InChI=1S/C28H20F17N/c1-19-12-7-13-20(19,46-18(15-8-3-2-4-9-15)16-10-5-6-11-17(16)19)14-21(29,30)22(31,32)23(33,34)24(35,36)25(37,38)26(39,40)27(41,42)28(43,44)45/h2-6,8-11H,7,12-14H2,1H3/t19-,20+/m1/s1. The van der Waals surface area contributed by atoms with E-state index in [2.05, 4.69) is 4.99 Å². The normalized spacial score (nSPS) is 23.6. The number of halogens is 17. The highest BCUT2D eigenvalue weighted by molar-refractivity contribution is 6.15. The molecule has 0 bridgehead atoms. The lowest BCUT2D eigenvalue weighted by atomic mass is 9.62. The molecule has 0 unspecified atom stereocenters. The van der Waals surface area contributed by atoms with Crippen LogP contribution in [0, 0.1) is 0 Å². The average molecular weight is 693 g/mol. The van der Waals surface area contributed by atoms with Gasteiger partial charge in [-0.05, 0) is 18.4 Å². The van der Waals surface area contributed by atoms with Crippen LogP contribution < -0.4 is 0 Å². The van der Waals surface area contributed by atoms with Crippen LogP contribution in [0.1, 0.15) is 49.3 Å². The molecule has 46 heavy (non-hydrogen) atoms. The molecule has 2 aromatic rings. The van der Waals surface area contributed by atoms with Crippen molar-refractivity contribution in [2.24, 2.45) is 4.99 Å². The number of alkyl halides is 17. The first kappa shape index (κ1) is 35.8. The van der Waals surface area contributed by atoms with Crippen LogP contribution in [0.25, 0.3) is 0 Å². The molecular weight excluding hydrogens is 673 g/mol. The van der Waals surface area contributed by atoms with Gasteiger partial charge in [-0.1, -0.05) is 67.9 Å². The van der Waals surface area contributed by atoms with Crippen molar-refractivity contribution in [3.63, 3.8) is 0 Å². The predicted octanol–water partition coefficient (Wildman–Crippen LogP) is 10.1. The summed E-state index contributed by atoms with van der Waals surface area (Å²) < 4.78 is 237. The van der Waals surface area contributed by atoms with Crippen molar-refractivity contribution in [3.05, 3.63) is 71.3 Å². The summed E-state index contributed by atoms with van der Waals surface area (Å²) in [5.41, 5.74) is -3.74. The smallest absolute Gasteiger partial charge is 0.276 e. The number of aliphatic imine (C=N–C) groups is 1. The highest BCUT2D eigenvalue weighted by Crippen LogP contribution is 2.66. The topological polar surface area (TPSA) is 12.4 Å². The Labute approximate surface area is 248 Å². The molecule has 2 aliphatic rings. The van der Waals surface area contributed by atoms with Crippen LogP contribution in [0.2, 0.25) is 0 Å². The maximum atomic E-state index is 15.4. The summed E-state index contributed by atoms with van der Waals surface area (Å²) in [6.45, 7) is 1.22. The van der Waals surface area contributed by atoms with Crippen LogP contribution in [0.5, 0.6) is 0 Å². The predicted molar refractivity (Wildman–Crippen MR) is 128 cm³/mol. The summed E-state index contributed by atoms with van der Waals surface area (Å²) in [5, 5.41) is 0. The number of hydrogen-bond donors (Lipinski definition) is 0. The van der Waals surface area contributed by atoms with Crippen LogP contribution in [-0.2, 0) is 5.41 Å². The Hall–Kier alpha value is -3.08. The molecule has 1 saturated carbocycles. The first-order chi connectivity index (χ1) is 20.6. The molecule has 1 nitrogen and oxygen atoms in total. The van der Waals surface area contributed by atoms with Crippen molar-refractivity contribution < 1.29 is 74.6 Å². The first-order valence-electron chi connectivity index (χ1n) is 13.1. The van der Waals surface area contributed by atoms with E-state index in [-0.39, 0.29) is 35.2 Å². The fraction of sp³-hybridized carbons (Fsp3) is 0.536. The molecule has 1 aliphatic heterocycles. The molecule has 0 radical (unpaired) electrons. The van der Waals surface area contributed by atoms with Crippen molar-refractivity contribution in [1.82, 2.24) is 0 Å². The number of rotatable bonds is 9. The second-order valence-corrected chi connectivity index (χ2v) is 11.4. The van der Waals surface area contributed by atoms with Crippen molar-refractivity contribution in [2.45, 2.75) is 91.2 Å². The van der Waals surface area contributed by atoms with E-state index in [1.807, 2.05) is 0 Å². The van der Waals surface area contributed by atoms with Gasteiger partial charge >= 0.3 is 47.6 Å². The van der Waals surface area contributed by atoms with Crippen LogP contribution in [0.3, 0.4) is 0 Å². The van der Waals surface area contributed by atoms with E-state index >= 15 is 8.78 Å². The summed E-state index contributed by atoms with van der Waals surface area (Å²) in [6.07, 6.45) is -11.2. The van der Waals surface area contributed by atoms with Gasteiger partial charge in [-0.3, -0.25) is 4.99 Å². The molecule has 0 amide bonds. The van der Waals surface area contributed by atoms with Gasteiger partial charge in [0.15, 0.2) is 0 Å². The third-order valence-electron chi connectivity index (χ3n) is 8.75. The summed E-state index contributed by atoms with van der Waals surface area (Å²) in [6, 6.07) is 13.0. The molecule has 0 N–H and O–H groups in total. The Kier molecular flexibility index (Phi) is 7.94. The van der Waals surface area contributed by atoms with Crippen LogP contribution in [0.4, 0.5) is 74.6 Å². The van der Waals surface area contributed by atoms with E-state index < -0.39 is 71.4 Å². The fourth-order valence-corrected chi connectivity index (χ4v) is 6.07. The monoisotopic (exact) mass is 693 g/mol. The summed E-state index contributed by atoms with van der Waals surface area (Å²) in [7, 11) is 0. The molecule has 0 saturated heterocycles. The largest absolute Gasteiger partial charge is 0.460 e. The lowest BCUT2D eigenvalue weighted by Crippen LogP contribution is -2.74.